The molecule has 2 aromatic heterocycles. The highest BCUT2D eigenvalue weighted by molar-refractivity contribution is 7.16. The number of aromatic nitrogens is 2. The number of esters is 1. The number of nitrogens with one attached hydrogen (secondary N) is 3. The minimum atomic E-state index is -0.381. The molecule has 0 amide bonds. The molecule has 1 fully saturated rings. The molecule has 0 aliphatic heterocycles. The van der Waals surface area contributed by atoms with Gasteiger partial charge in [-0.25, -0.2) is 9.78 Å². The molecular weight excluding hydrogens is 352 g/mol. The minimum Gasteiger partial charge on any atom is -0.462 e. The van der Waals surface area contributed by atoms with Crippen LogP contribution in [0.15, 0.2) is 35.3 Å². The highest BCUT2D eigenvalue weighted by Gasteiger charge is 2.24. The van der Waals surface area contributed by atoms with Crippen molar-refractivity contribution in [2.24, 2.45) is 0 Å². The molecule has 3 aromatic rings. The van der Waals surface area contributed by atoms with Gasteiger partial charge in [0.25, 0.3) is 0 Å². The van der Waals surface area contributed by atoms with E-state index in [1.165, 1.54) is 6.20 Å². The molecule has 0 radical (unpaired) electrons. The summed E-state index contributed by atoms with van der Waals surface area (Å²) < 4.78 is 5.98. The van der Waals surface area contributed by atoms with Crippen molar-refractivity contribution in [1.29, 1.82) is 0 Å². The summed E-state index contributed by atoms with van der Waals surface area (Å²) in [6, 6.07) is 7.83. The molecule has 2 heterocycles. The van der Waals surface area contributed by atoms with Crippen LogP contribution in [0.25, 0.3) is 10.2 Å². The minimum absolute atomic E-state index is 0.0787. The monoisotopic (exact) mass is 370 g/mol. The lowest BCUT2D eigenvalue weighted by Gasteiger charge is -2.13. The molecule has 1 aliphatic carbocycles. The van der Waals surface area contributed by atoms with E-state index in [-0.39, 0.29) is 10.8 Å². The first-order chi connectivity index (χ1) is 12.6. The van der Waals surface area contributed by atoms with Gasteiger partial charge in [0, 0.05) is 24.0 Å². The third kappa shape index (κ3) is 3.55. The normalized spacial score (nSPS) is 13.6. The number of carbonyl (C=O) groups excluding carboxylic acids is 1. The number of hydrogen-bond donors (Lipinski definition) is 3. The molecule has 1 aromatic carbocycles. The first-order valence-electron chi connectivity index (χ1n) is 8.46. The Morgan fingerprint density at radius 1 is 1.38 bits per heavy atom. The fourth-order valence-electron chi connectivity index (χ4n) is 2.63. The van der Waals surface area contributed by atoms with E-state index in [2.05, 4.69) is 20.6 Å². The molecule has 0 atom stereocenters. The van der Waals surface area contributed by atoms with Crippen LogP contribution in [-0.4, -0.2) is 28.6 Å². The number of aromatic amines is 1. The van der Waals surface area contributed by atoms with Gasteiger partial charge in [-0.1, -0.05) is 11.3 Å². The summed E-state index contributed by atoms with van der Waals surface area (Å²) in [4.78, 5) is 30.6. The molecule has 1 aliphatic rings. The molecular formula is C18H18N4O3S. The van der Waals surface area contributed by atoms with Crippen LogP contribution in [0.1, 0.15) is 30.1 Å². The lowest BCUT2D eigenvalue weighted by Crippen LogP contribution is -2.12. The van der Waals surface area contributed by atoms with Crippen LogP contribution in [0.3, 0.4) is 0 Å². The summed E-state index contributed by atoms with van der Waals surface area (Å²) >= 11 is 1.16. The van der Waals surface area contributed by atoms with E-state index in [0.717, 1.165) is 45.8 Å². The first kappa shape index (κ1) is 16.6. The highest BCUT2D eigenvalue weighted by atomic mass is 32.1. The van der Waals surface area contributed by atoms with E-state index in [1.807, 2.05) is 24.3 Å². The molecule has 0 saturated heterocycles. The van der Waals surface area contributed by atoms with Gasteiger partial charge in [0.15, 0.2) is 0 Å². The van der Waals surface area contributed by atoms with E-state index in [0.29, 0.717) is 24.0 Å². The van der Waals surface area contributed by atoms with Crippen LogP contribution < -0.4 is 15.5 Å². The zero-order valence-corrected chi connectivity index (χ0v) is 15.0. The molecule has 26 heavy (non-hydrogen) atoms. The molecule has 1 saturated carbocycles. The Labute approximate surface area is 153 Å². The number of nitrogens with zero attached hydrogens (tertiary/aromatic N) is 1. The van der Waals surface area contributed by atoms with Gasteiger partial charge in [-0.3, -0.25) is 4.79 Å². The number of thiazole rings is 1. The van der Waals surface area contributed by atoms with E-state index in [9.17, 15) is 9.59 Å². The SMILES string of the molecule is CCOC(=O)c1cnc(Nc2ccc3[nH]c(=O)sc3c2)cc1NC1CC1. The summed E-state index contributed by atoms with van der Waals surface area (Å²) in [6.45, 7) is 2.10. The molecule has 3 N–H and O–H groups in total. The quantitative estimate of drug-likeness (QED) is 0.575. The molecule has 0 unspecified atom stereocenters. The van der Waals surface area contributed by atoms with Crippen molar-refractivity contribution in [2.45, 2.75) is 25.8 Å². The van der Waals surface area contributed by atoms with Crippen LogP contribution in [-0.2, 0) is 4.74 Å². The number of pyridine rings is 1. The van der Waals surface area contributed by atoms with Crippen molar-refractivity contribution in [2.75, 3.05) is 17.2 Å². The zero-order chi connectivity index (χ0) is 18.1. The largest absolute Gasteiger partial charge is 0.462 e. The number of H-pyrrole nitrogens is 1. The maximum Gasteiger partial charge on any atom is 0.341 e. The second-order valence-corrected chi connectivity index (χ2v) is 7.12. The molecule has 7 nitrogen and oxygen atoms in total. The third-order valence-corrected chi connectivity index (χ3v) is 4.87. The lowest BCUT2D eigenvalue weighted by molar-refractivity contribution is 0.0527. The molecule has 4 rings (SSSR count). The summed E-state index contributed by atoms with van der Waals surface area (Å²) in [5.74, 6) is 0.233. The van der Waals surface area contributed by atoms with Crippen LogP contribution >= 0.6 is 11.3 Å². The number of ether oxygens (including phenoxy) is 1. The standard InChI is InChI=1S/C18H18N4O3S/c1-2-25-17(23)12-9-19-16(8-14(12)20-10-3-4-10)21-11-5-6-13-15(7-11)26-18(24)22-13/h5-10H,2-4H2,1H3,(H,22,24)(H2,19,20,21). The van der Waals surface area contributed by atoms with E-state index in [1.54, 1.807) is 6.92 Å². The summed E-state index contributed by atoms with van der Waals surface area (Å²) in [5.41, 5.74) is 2.79. The predicted octanol–water partition coefficient (Wildman–Crippen LogP) is 3.48. The maximum absolute atomic E-state index is 12.1. The van der Waals surface area contributed by atoms with Gasteiger partial charge in [0.05, 0.1) is 22.5 Å². The summed E-state index contributed by atoms with van der Waals surface area (Å²) in [5, 5.41) is 6.58. The van der Waals surface area contributed by atoms with Gasteiger partial charge in [0.2, 0.25) is 0 Å². The van der Waals surface area contributed by atoms with Crippen molar-refractivity contribution in [3.63, 3.8) is 0 Å². The summed E-state index contributed by atoms with van der Waals surface area (Å²) in [6.07, 6.45) is 3.71. The Bertz CT molecular complexity index is 1020. The highest BCUT2D eigenvalue weighted by Crippen LogP contribution is 2.29. The number of carbonyl (C=O) groups is 1. The van der Waals surface area contributed by atoms with E-state index >= 15 is 0 Å². The van der Waals surface area contributed by atoms with Crippen molar-refractivity contribution in [1.82, 2.24) is 9.97 Å². The zero-order valence-electron chi connectivity index (χ0n) is 14.2. The van der Waals surface area contributed by atoms with E-state index in [4.69, 9.17) is 4.74 Å². The van der Waals surface area contributed by atoms with Crippen molar-refractivity contribution >= 4 is 44.7 Å². The van der Waals surface area contributed by atoms with Gasteiger partial charge < -0.3 is 20.4 Å². The van der Waals surface area contributed by atoms with Crippen molar-refractivity contribution in [3.05, 3.63) is 45.7 Å². The maximum atomic E-state index is 12.1. The number of hydrogen-bond acceptors (Lipinski definition) is 7. The second-order valence-electron chi connectivity index (χ2n) is 6.10. The van der Waals surface area contributed by atoms with Gasteiger partial charge in [-0.15, -0.1) is 0 Å². The Balaban J connectivity index is 1.62. The average Bonchev–Trinajstić information content (AvgIpc) is 3.34. The molecule has 0 bridgehead atoms. The Kier molecular flexibility index (Phi) is 4.34. The second kappa shape index (κ2) is 6.80. The smallest absolute Gasteiger partial charge is 0.341 e. The van der Waals surface area contributed by atoms with Gasteiger partial charge in [-0.05, 0) is 38.0 Å². The van der Waals surface area contributed by atoms with Gasteiger partial charge in [-0.2, -0.15) is 0 Å². The van der Waals surface area contributed by atoms with Gasteiger partial charge in [0.1, 0.15) is 11.4 Å². The van der Waals surface area contributed by atoms with Crippen LogP contribution in [0, 0.1) is 0 Å². The van der Waals surface area contributed by atoms with Crippen LogP contribution in [0.2, 0.25) is 0 Å². The number of anilines is 3. The number of benzene rings is 1. The fourth-order valence-corrected chi connectivity index (χ4v) is 3.41. The Hall–Kier alpha value is -2.87. The van der Waals surface area contributed by atoms with Crippen LogP contribution in [0.5, 0.6) is 0 Å². The van der Waals surface area contributed by atoms with Crippen molar-refractivity contribution < 1.29 is 9.53 Å². The van der Waals surface area contributed by atoms with Gasteiger partial charge >= 0.3 is 10.8 Å². The molecule has 0 spiro atoms. The van der Waals surface area contributed by atoms with E-state index < -0.39 is 0 Å². The Morgan fingerprint density at radius 2 is 2.23 bits per heavy atom. The summed E-state index contributed by atoms with van der Waals surface area (Å²) in [7, 11) is 0. The number of fused-ring (bicyclic) bond motifs is 1. The van der Waals surface area contributed by atoms with Crippen molar-refractivity contribution in [3.8, 4) is 0 Å². The topological polar surface area (TPSA) is 96.1 Å². The van der Waals surface area contributed by atoms with Crippen LogP contribution in [0.4, 0.5) is 17.2 Å². The first-order valence-corrected chi connectivity index (χ1v) is 9.27. The number of rotatable bonds is 6. The average molecular weight is 370 g/mol. The Morgan fingerprint density at radius 3 is 3.00 bits per heavy atom. The molecule has 134 valence electrons. The molecule has 8 heteroatoms. The predicted molar refractivity (Wildman–Crippen MR) is 103 cm³/mol. The third-order valence-electron chi connectivity index (χ3n) is 4.03. The fraction of sp³-hybridized carbons (Fsp3) is 0.278. The lowest BCUT2D eigenvalue weighted by atomic mass is 10.2.